The molecule has 0 radical (unpaired) electrons. The van der Waals surface area contributed by atoms with Gasteiger partial charge in [-0.3, -0.25) is 9.69 Å². The average Bonchev–Trinajstić information content (AvgIpc) is 2.05. The van der Waals surface area contributed by atoms with Gasteiger partial charge in [-0.05, 0) is 34.6 Å². The highest BCUT2D eigenvalue weighted by Crippen LogP contribution is 2.16. The van der Waals surface area contributed by atoms with E-state index in [-0.39, 0.29) is 11.5 Å². The van der Waals surface area contributed by atoms with E-state index >= 15 is 0 Å². The summed E-state index contributed by atoms with van der Waals surface area (Å²) in [6.45, 7) is 13.1. The van der Waals surface area contributed by atoms with Crippen LogP contribution in [-0.2, 0) is 9.53 Å². The van der Waals surface area contributed by atoms with Gasteiger partial charge in [0.2, 0.25) is 0 Å². The van der Waals surface area contributed by atoms with Crippen LogP contribution >= 0.6 is 0 Å². The lowest BCUT2D eigenvalue weighted by Gasteiger charge is -2.42. The molecule has 16 heavy (non-hydrogen) atoms. The van der Waals surface area contributed by atoms with Crippen molar-refractivity contribution in [1.82, 2.24) is 10.2 Å². The number of ether oxygens (including phenoxy) is 1. The Kier molecular flexibility index (Phi) is 3.97. The van der Waals surface area contributed by atoms with Crippen molar-refractivity contribution in [3.8, 4) is 0 Å². The van der Waals surface area contributed by atoms with E-state index in [1.807, 2.05) is 20.8 Å². The number of carbonyl (C=O) groups excluding carboxylic acids is 1. The summed E-state index contributed by atoms with van der Waals surface area (Å²) in [5.74, 6) is -0.137. The summed E-state index contributed by atoms with van der Waals surface area (Å²) in [6.07, 6.45) is 0. The van der Waals surface area contributed by atoms with E-state index in [0.29, 0.717) is 6.54 Å². The van der Waals surface area contributed by atoms with E-state index in [2.05, 4.69) is 24.1 Å². The third kappa shape index (κ3) is 4.10. The second-order valence-electron chi connectivity index (χ2n) is 6.00. The molecule has 0 aliphatic carbocycles. The molecule has 1 fully saturated rings. The number of rotatable bonds is 2. The molecule has 0 aromatic heterocycles. The molecule has 0 unspecified atom stereocenters. The molecule has 0 amide bonds. The fourth-order valence-electron chi connectivity index (χ4n) is 1.85. The minimum atomic E-state index is -0.394. The normalized spacial score (nSPS) is 21.8. The summed E-state index contributed by atoms with van der Waals surface area (Å²) in [5.41, 5.74) is -0.371. The topological polar surface area (TPSA) is 41.6 Å². The van der Waals surface area contributed by atoms with E-state index in [1.165, 1.54) is 0 Å². The highest BCUT2D eigenvalue weighted by atomic mass is 16.6. The van der Waals surface area contributed by atoms with Gasteiger partial charge in [-0.15, -0.1) is 0 Å². The molecule has 1 aliphatic rings. The molecule has 0 aromatic rings. The predicted molar refractivity (Wildman–Crippen MR) is 64.4 cm³/mol. The lowest BCUT2D eigenvalue weighted by atomic mass is 10.0. The van der Waals surface area contributed by atoms with Crippen molar-refractivity contribution in [3.05, 3.63) is 0 Å². The van der Waals surface area contributed by atoms with Gasteiger partial charge in [-0.1, -0.05) is 0 Å². The first-order valence-electron chi connectivity index (χ1n) is 5.88. The SMILES string of the molecule is CC(C)(C)OC(=O)CN1CCNCC1(C)C. The molecule has 0 aromatic carbocycles. The van der Waals surface area contributed by atoms with Crippen LogP contribution in [0.2, 0.25) is 0 Å². The maximum atomic E-state index is 11.7. The molecule has 0 saturated carbocycles. The van der Waals surface area contributed by atoms with Crippen molar-refractivity contribution in [3.63, 3.8) is 0 Å². The molecule has 1 aliphatic heterocycles. The second-order valence-corrected chi connectivity index (χ2v) is 6.00. The third-order valence-corrected chi connectivity index (χ3v) is 2.71. The zero-order chi connectivity index (χ0) is 12.4. The minimum Gasteiger partial charge on any atom is -0.459 e. The molecule has 1 saturated heterocycles. The highest BCUT2D eigenvalue weighted by Gasteiger charge is 2.31. The van der Waals surface area contributed by atoms with Crippen LogP contribution in [0.3, 0.4) is 0 Å². The van der Waals surface area contributed by atoms with Crippen LogP contribution in [-0.4, -0.2) is 48.2 Å². The Labute approximate surface area is 98.3 Å². The first kappa shape index (κ1) is 13.5. The van der Waals surface area contributed by atoms with Crippen molar-refractivity contribution in [2.45, 2.75) is 45.8 Å². The predicted octanol–water partition coefficient (Wildman–Crippen LogP) is 1.01. The van der Waals surface area contributed by atoms with Gasteiger partial charge in [0.25, 0.3) is 0 Å². The standard InChI is InChI=1S/C12H24N2O2/c1-11(2,3)16-10(15)8-14-7-6-13-9-12(14,4)5/h13H,6-9H2,1-5H3. The first-order chi connectivity index (χ1) is 7.21. The lowest BCUT2D eigenvalue weighted by Crippen LogP contribution is -2.59. The number of carbonyl (C=O) groups is 1. The lowest BCUT2D eigenvalue weighted by molar-refractivity contribution is -0.158. The van der Waals surface area contributed by atoms with Gasteiger partial charge in [0.1, 0.15) is 5.60 Å². The molecule has 94 valence electrons. The summed E-state index contributed by atoms with van der Waals surface area (Å²) in [7, 11) is 0. The monoisotopic (exact) mass is 228 g/mol. The zero-order valence-corrected chi connectivity index (χ0v) is 11.1. The fourth-order valence-corrected chi connectivity index (χ4v) is 1.85. The Morgan fingerprint density at radius 1 is 1.44 bits per heavy atom. The van der Waals surface area contributed by atoms with E-state index in [4.69, 9.17) is 4.74 Å². The van der Waals surface area contributed by atoms with Crippen molar-refractivity contribution < 1.29 is 9.53 Å². The quantitative estimate of drug-likeness (QED) is 0.716. The number of esters is 1. The van der Waals surface area contributed by atoms with Crippen LogP contribution in [0.5, 0.6) is 0 Å². The van der Waals surface area contributed by atoms with Crippen molar-refractivity contribution in [2.24, 2.45) is 0 Å². The van der Waals surface area contributed by atoms with Crippen LogP contribution in [0, 0.1) is 0 Å². The first-order valence-corrected chi connectivity index (χ1v) is 5.88. The van der Waals surface area contributed by atoms with Crippen LogP contribution in [0.4, 0.5) is 0 Å². The number of nitrogens with one attached hydrogen (secondary N) is 1. The number of nitrogens with zero attached hydrogens (tertiary/aromatic N) is 1. The molecule has 0 atom stereocenters. The molecular formula is C12H24N2O2. The van der Waals surface area contributed by atoms with E-state index < -0.39 is 5.60 Å². The summed E-state index contributed by atoms with van der Waals surface area (Å²) >= 11 is 0. The van der Waals surface area contributed by atoms with Crippen LogP contribution in [0.15, 0.2) is 0 Å². The van der Waals surface area contributed by atoms with Gasteiger partial charge in [0.15, 0.2) is 0 Å². The largest absolute Gasteiger partial charge is 0.459 e. The van der Waals surface area contributed by atoms with Gasteiger partial charge in [0, 0.05) is 25.2 Å². The van der Waals surface area contributed by atoms with Crippen LogP contribution < -0.4 is 5.32 Å². The average molecular weight is 228 g/mol. The van der Waals surface area contributed by atoms with E-state index in [1.54, 1.807) is 0 Å². The molecular weight excluding hydrogens is 204 g/mol. The minimum absolute atomic E-state index is 0.0230. The van der Waals surface area contributed by atoms with Crippen LogP contribution in [0.25, 0.3) is 0 Å². The molecule has 1 N–H and O–H groups in total. The Morgan fingerprint density at radius 3 is 2.56 bits per heavy atom. The van der Waals surface area contributed by atoms with E-state index in [9.17, 15) is 4.79 Å². The third-order valence-electron chi connectivity index (χ3n) is 2.71. The number of hydrogen-bond acceptors (Lipinski definition) is 4. The summed E-state index contributed by atoms with van der Waals surface area (Å²) in [6, 6.07) is 0. The molecule has 0 spiro atoms. The van der Waals surface area contributed by atoms with Crippen molar-refractivity contribution in [1.29, 1.82) is 0 Å². The van der Waals surface area contributed by atoms with Crippen molar-refractivity contribution >= 4 is 5.97 Å². The Bertz CT molecular complexity index is 256. The molecule has 1 rings (SSSR count). The highest BCUT2D eigenvalue weighted by molar-refractivity contribution is 5.72. The van der Waals surface area contributed by atoms with Crippen molar-refractivity contribution in [2.75, 3.05) is 26.2 Å². The van der Waals surface area contributed by atoms with Gasteiger partial charge in [-0.25, -0.2) is 0 Å². The Morgan fingerprint density at radius 2 is 2.06 bits per heavy atom. The number of piperazine rings is 1. The molecule has 4 nitrogen and oxygen atoms in total. The maximum Gasteiger partial charge on any atom is 0.320 e. The van der Waals surface area contributed by atoms with Crippen LogP contribution in [0.1, 0.15) is 34.6 Å². The molecule has 0 bridgehead atoms. The smallest absolute Gasteiger partial charge is 0.320 e. The maximum absolute atomic E-state index is 11.7. The van der Waals surface area contributed by atoms with E-state index in [0.717, 1.165) is 19.6 Å². The molecule has 4 heteroatoms. The van der Waals surface area contributed by atoms with Gasteiger partial charge >= 0.3 is 5.97 Å². The Balaban J connectivity index is 2.49. The summed E-state index contributed by atoms with van der Waals surface area (Å²) in [4.78, 5) is 13.9. The summed E-state index contributed by atoms with van der Waals surface area (Å²) < 4.78 is 5.33. The van der Waals surface area contributed by atoms with Gasteiger partial charge in [0.05, 0.1) is 6.54 Å². The fraction of sp³-hybridized carbons (Fsp3) is 0.917. The number of hydrogen-bond donors (Lipinski definition) is 1. The zero-order valence-electron chi connectivity index (χ0n) is 11.1. The second kappa shape index (κ2) is 4.72. The Hall–Kier alpha value is -0.610. The molecule has 1 heterocycles. The van der Waals surface area contributed by atoms with Gasteiger partial charge < -0.3 is 10.1 Å². The summed E-state index contributed by atoms with van der Waals surface area (Å²) in [5, 5.41) is 3.33. The van der Waals surface area contributed by atoms with Gasteiger partial charge in [-0.2, -0.15) is 0 Å².